The molecule has 0 unspecified atom stereocenters. The maximum atomic E-state index is 13.9. The minimum atomic E-state index is -2.19. The maximum Gasteiger partial charge on any atom is 0.410 e. The quantitative estimate of drug-likeness (QED) is 0.174. The molecule has 2 atom stereocenters. The number of rotatable bonds is 9. The number of imidazole rings is 1. The lowest BCUT2D eigenvalue weighted by Gasteiger charge is -2.46. The predicted molar refractivity (Wildman–Crippen MR) is 178 cm³/mol. The first kappa shape index (κ1) is 32.6. The van der Waals surface area contributed by atoms with Gasteiger partial charge < -0.3 is 18.6 Å². The van der Waals surface area contributed by atoms with E-state index in [2.05, 4.69) is 38.8 Å². The average Bonchev–Trinajstić information content (AvgIpc) is 3.40. The second-order valence-electron chi connectivity index (χ2n) is 13.6. The fourth-order valence-electron chi connectivity index (χ4n) is 5.84. The molecule has 4 aromatic rings. The van der Waals surface area contributed by atoms with Crippen LogP contribution in [0.4, 0.5) is 9.18 Å². The number of fused-ring (bicyclic) bond motifs is 1. The number of halogens is 1. The van der Waals surface area contributed by atoms with E-state index in [1.165, 1.54) is 12.1 Å². The van der Waals surface area contributed by atoms with Gasteiger partial charge in [-0.2, -0.15) is 0 Å². The number of carbonyl (C=O) groups is 2. The van der Waals surface area contributed by atoms with Crippen LogP contribution in [0.25, 0.3) is 22.2 Å². The first-order valence-electron chi connectivity index (χ1n) is 15.7. The Balaban J connectivity index is 1.37. The number of aromatic nitrogens is 2. The van der Waals surface area contributed by atoms with Crippen LogP contribution < -0.4 is 0 Å². The van der Waals surface area contributed by atoms with Gasteiger partial charge in [0, 0.05) is 13.0 Å². The molecule has 0 N–H and O–H groups in total. The van der Waals surface area contributed by atoms with Gasteiger partial charge in [-0.15, -0.1) is 0 Å². The van der Waals surface area contributed by atoms with Gasteiger partial charge in [-0.3, -0.25) is 4.79 Å². The molecule has 1 fully saturated rings. The van der Waals surface area contributed by atoms with Crippen molar-refractivity contribution < 1.29 is 23.1 Å². The number of carbonyl (C=O) groups excluding carboxylic acids is 2. The Hall–Kier alpha value is -3.82. The topological polar surface area (TPSA) is 73.7 Å². The van der Waals surface area contributed by atoms with Gasteiger partial charge in [0.2, 0.25) is 0 Å². The fourth-order valence-corrected chi connectivity index (χ4v) is 7.22. The van der Waals surface area contributed by atoms with Gasteiger partial charge in [0.25, 0.3) is 0 Å². The van der Waals surface area contributed by atoms with Crippen molar-refractivity contribution in [2.24, 2.45) is 0 Å². The van der Waals surface area contributed by atoms with Crippen molar-refractivity contribution in [2.75, 3.05) is 6.54 Å². The Kier molecular flexibility index (Phi) is 9.60. The lowest BCUT2D eigenvalue weighted by atomic mass is 9.94. The number of piperidine rings is 1. The normalized spacial score (nSPS) is 17.4. The van der Waals surface area contributed by atoms with Crippen molar-refractivity contribution in [1.29, 1.82) is 0 Å². The molecule has 1 amide bonds. The molecule has 1 aromatic heterocycles. The first-order chi connectivity index (χ1) is 21.3. The van der Waals surface area contributed by atoms with Crippen molar-refractivity contribution in [2.45, 2.75) is 90.4 Å². The van der Waals surface area contributed by atoms with E-state index in [9.17, 15) is 14.0 Å². The summed E-state index contributed by atoms with van der Waals surface area (Å²) < 4.78 is 28.4. The molecule has 5 rings (SSSR count). The highest BCUT2D eigenvalue weighted by molar-refractivity contribution is 6.74. The van der Waals surface area contributed by atoms with Crippen LogP contribution in [0.1, 0.15) is 51.2 Å². The van der Waals surface area contributed by atoms with E-state index in [-0.39, 0.29) is 42.3 Å². The molecule has 0 radical (unpaired) electrons. The summed E-state index contributed by atoms with van der Waals surface area (Å²) in [7, 11) is -2.19. The van der Waals surface area contributed by atoms with Crippen LogP contribution >= 0.6 is 0 Å². The summed E-state index contributed by atoms with van der Waals surface area (Å²) in [4.78, 5) is 33.6. The highest BCUT2D eigenvalue weighted by Gasteiger charge is 2.44. The molecule has 0 saturated carbocycles. The third kappa shape index (κ3) is 7.36. The molecule has 0 spiro atoms. The van der Waals surface area contributed by atoms with Crippen LogP contribution in [0.3, 0.4) is 0 Å². The van der Waals surface area contributed by atoms with Crippen molar-refractivity contribution in [3.8, 4) is 11.1 Å². The number of amides is 1. The fraction of sp³-hybridized carbons (Fsp3) is 0.417. The Morgan fingerprint density at radius 1 is 1.04 bits per heavy atom. The highest BCUT2D eigenvalue weighted by Crippen LogP contribution is 2.40. The number of aryl methyl sites for hydroxylation is 1. The summed E-state index contributed by atoms with van der Waals surface area (Å²) in [5, 5.41) is -0.0182. The molecule has 1 saturated heterocycles. The Morgan fingerprint density at radius 3 is 2.51 bits per heavy atom. The summed E-state index contributed by atoms with van der Waals surface area (Å²) in [6.07, 6.45) is 2.71. The number of ketones is 1. The van der Waals surface area contributed by atoms with Gasteiger partial charge in [-0.1, -0.05) is 69.3 Å². The van der Waals surface area contributed by atoms with Gasteiger partial charge in [0.05, 0.1) is 36.1 Å². The number of hydrogen-bond donors (Lipinski definition) is 0. The lowest BCUT2D eigenvalue weighted by Crippen LogP contribution is -2.56. The molecule has 1 aliphatic rings. The van der Waals surface area contributed by atoms with Crippen LogP contribution in [0.2, 0.25) is 18.1 Å². The Bertz CT molecular complexity index is 1660. The predicted octanol–water partition coefficient (Wildman–Crippen LogP) is 8.30. The zero-order chi connectivity index (χ0) is 32.4. The third-order valence-corrected chi connectivity index (χ3v) is 13.9. The number of likely N-dealkylation sites (tertiary alicyclic amines) is 1. The van der Waals surface area contributed by atoms with Crippen LogP contribution in [-0.2, 0) is 27.1 Å². The summed E-state index contributed by atoms with van der Waals surface area (Å²) in [6, 6.07) is 19.6. The molecular weight excluding hydrogens is 585 g/mol. The average molecular weight is 630 g/mol. The van der Waals surface area contributed by atoms with Crippen LogP contribution in [0.15, 0.2) is 73.1 Å². The first-order valence-corrected chi connectivity index (χ1v) is 18.6. The van der Waals surface area contributed by atoms with Crippen LogP contribution in [0, 0.1) is 12.7 Å². The number of nitrogens with zero attached hydrogens (tertiary/aromatic N) is 3. The minimum Gasteiger partial charge on any atom is -0.445 e. The van der Waals surface area contributed by atoms with Gasteiger partial charge >= 0.3 is 6.09 Å². The molecule has 0 bridgehead atoms. The number of hydrogen-bond acceptors (Lipinski definition) is 5. The number of benzene rings is 3. The molecule has 7 nitrogen and oxygen atoms in total. The van der Waals surface area contributed by atoms with E-state index < -0.39 is 20.5 Å². The smallest absolute Gasteiger partial charge is 0.410 e. The molecule has 0 aliphatic carbocycles. The summed E-state index contributed by atoms with van der Waals surface area (Å²) in [5.74, 6) is -0.308. The highest BCUT2D eigenvalue weighted by atomic mass is 28.4. The van der Waals surface area contributed by atoms with Gasteiger partial charge in [0.1, 0.15) is 12.4 Å². The second-order valence-corrected chi connectivity index (χ2v) is 18.3. The van der Waals surface area contributed by atoms with Crippen molar-refractivity contribution in [3.05, 3.63) is 90.0 Å². The maximum absolute atomic E-state index is 13.9. The minimum absolute atomic E-state index is 0.0160. The molecule has 3 aromatic carbocycles. The van der Waals surface area contributed by atoms with Crippen molar-refractivity contribution in [1.82, 2.24) is 14.5 Å². The van der Waals surface area contributed by atoms with E-state index in [1.807, 2.05) is 60.0 Å². The third-order valence-electron chi connectivity index (χ3n) is 9.37. The van der Waals surface area contributed by atoms with Gasteiger partial charge in [-0.25, -0.2) is 14.2 Å². The standard InChI is InChI=1S/C36H44FN3O4Si/c1-25-30(27-14-10-15-28(37)20-27)17-18-31-34(25)38-24-39(31)22-29(41)21-32-33(44-45(5,6)36(2,3)4)16-11-19-40(32)35(42)43-23-26-12-8-7-9-13-26/h7-10,12-15,17-18,20,24,32-33H,11,16,19,21-23H2,1-6H3/t32-,33+/m1/s1. The van der Waals surface area contributed by atoms with E-state index in [1.54, 1.807) is 17.3 Å². The molecular formula is C36H44FN3O4Si. The van der Waals surface area contributed by atoms with Crippen molar-refractivity contribution >= 4 is 31.2 Å². The Labute approximate surface area is 266 Å². The molecule has 1 aliphatic heterocycles. The van der Waals surface area contributed by atoms with Crippen LogP contribution in [-0.4, -0.2) is 53.3 Å². The van der Waals surface area contributed by atoms with Gasteiger partial charge in [0.15, 0.2) is 14.1 Å². The van der Waals surface area contributed by atoms with Crippen LogP contribution in [0.5, 0.6) is 0 Å². The molecule has 2 heterocycles. The molecule has 9 heteroatoms. The lowest BCUT2D eigenvalue weighted by molar-refractivity contribution is -0.122. The summed E-state index contributed by atoms with van der Waals surface area (Å²) in [5.41, 5.74) is 5.12. The summed E-state index contributed by atoms with van der Waals surface area (Å²) in [6.45, 7) is 13.8. The van der Waals surface area contributed by atoms with E-state index >= 15 is 0 Å². The zero-order valence-electron chi connectivity index (χ0n) is 27.2. The molecule has 45 heavy (non-hydrogen) atoms. The van der Waals surface area contributed by atoms with E-state index in [0.29, 0.717) is 6.54 Å². The Morgan fingerprint density at radius 2 is 1.80 bits per heavy atom. The SMILES string of the molecule is Cc1c(-c2cccc(F)c2)ccc2c1ncn2CC(=O)C[C@@H]1[C@@H](O[Si](C)(C)C(C)(C)C)CCCN1C(=O)OCc1ccccc1. The van der Waals surface area contributed by atoms with Gasteiger partial charge in [-0.05, 0) is 78.4 Å². The summed E-state index contributed by atoms with van der Waals surface area (Å²) >= 11 is 0. The molecule has 238 valence electrons. The monoisotopic (exact) mass is 629 g/mol. The largest absolute Gasteiger partial charge is 0.445 e. The zero-order valence-corrected chi connectivity index (χ0v) is 28.2. The van der Waals surface area contributed by atoms with E-state index in [4.69, 9.17) is 9.16 Å². The second kappa shape index (κ2) is 13.3. The number of Topliss-reactive ketones (excluding diaryl/α,β-unsaturated/α-hetero) is 1. The van der Waals surface area contributed by atoms with Crippen molar-refractivity contribution in [3.63, 3.8) is 0 Å². The van der Waals surface area contributed by atoms with E-state index in [0.717, 1.165) is 46.1 Å². The number of ether oxygens (including phenoxy) is 1.